The molecule has 1 saturated heterocycles. The SMILES string of the molecule is N#Cc1cccc(-c2cnc3ccc(N4CCCC[C@H]4c4cccc(F)c4)nn23)c1. The minimum Gasteiger partial charge on any atom is -0.348 e. The average molecular weight is 397 g/mol. The zero-order chi connectivity index (χ0) is 20.5. The predicted molar refractivity (Wildman–Crippen MR) is 113 cm³/mol. The molecule has 1 aliphatic heterocycles. The van der Waals surface area contributed by atoms with Gasteiger partial charge in [0.05, 0.1) is 29.6 Å². The van der Waals surface area contributed by atoms with E-state index in [1.807, 2.05) is 40.9 Å². The third-order valence-electron chi connectivity index (χ3n) is 5.67. The van der Waals surface area contributed by atoms with Crippen LogP contribution in [0.25, 0.3) is 16.9 Å². The van der Waals surface area contributed by atoms with E-state index in [4.69, 9.17) is 5.10 Å². The minimum absolute atomic E-state index is 0.0910. The summed E-state index contributed by atoms with van der Waals surface area (Å²) in [4.78, 5) is 6.73. The zero-order valence-corrected chi connectivity index (χ0v) is 16.4. The van der Waals surface area contributed by atoms with Crippen LogP contribution in [0.4, 0.5) is 10.2 Å². The van der Waals surface area contributed by atoms with Gasteiger partial charge in [-0.05, 0) is 61.2 Å². The Hall–Kier alpha value is -3.72. The lowest BCUT2D eigenvalue weighted by Crippen LogP contribution is -2.34. The second-order valence-corrected chi connectivity index (χ2v) is 7.56. The molecule has 30 heavy (non-hydrogen) atoms. The molecule has 0 bridgehead atoms. The van der Waals surface area contributed by atoms with Crippen molar-refractivity contribution in [2.24, 2.45) is 0 Å². The zero-order valence-electron chi connectivity index (χ0n) is 16.4. The van der Waals surface area contributed by atoms with E-state index in [0.717, 1.165) is 54.1 Å². The Morgan fingerprint density at radius 1 is 1.03 bits per heavy atom. The number of nitrogens with zero attached hydrogens (tertiary/aromatic N) is 5. The summed E-state index contributed by atoms with van der Waals surface area (Å²) in [5, 5.41) is 14.1. The number of hydrogen-bond donors (Lipinski definition) is 0. The Kier molecular flexibility index (Phi) is 4.64. The second kappa shape index (κ2) is 7.60. The average Bonchev–Trinajstić information content (AvgIpc) is 3.22. The van der Waals surface area contributed by atoms with Gasteiger partial charge in [-0.1, -0.05) is 24.3 Å². The standard InChI is InChI=1S/C24H20FN5/c25-20-8-4-7-19(14-20)21-9-1-2-12-29(21)24-11-10-23-27-16-22(30(23)28-24)18-6-3-5-17(13-18)15-26/h3-8,10-11,13-14,16,21H,1-2,9,12H2/t21-/m0/s1. The maximum Gasteiger partial charge on any atom is 0.154 e. The summed E-state index contributed by atoms with van der Waals surface area (Å²) >= 11 is 0. The van der Waals surface area contributed by atoms with E-state index >= 15 is 0 Å². The lowest BCUT2D eigenvalue weighted by molar-refractivity contribution is 0.465. The van der Waals surface area contributed by atoms with Crippen LogP contribution in [0.1, 0.15) is 36.4 Å². The molecule has 2 aromatic carbocycles. The molecule has 5 rings (SSSR count). The number of aromatic nitrogens is 3. The molecule has 0 amide bonds. The van der Waals surface area contributed by atoms with E-state index in [2.05, 4.69) is 16.0 Å². The van der Waals surface area contributed by atoms with Crippen molar-refractivity contribution in [3.63, 3.8) is 0 Å². The van der Waals surface area contributed by atoms with Crippen LogP contribution in [0, 0.1) is 17.1 Å². The molecule has 2 aromatic heterocycles. The second-order valence-electron chi connectivity index (χ2n) is 7.56. The van der Waals surface area contributed by atoms with Crippen molar-refractivity contribution >= 4 is 11.5 Å². The topological polar surface area (TPSA) is 57.2 Å². The molecule has 0 spiro atoms. The van der Waals surface area contributed by atoms with E-state index in [1.54, 1.807) is 24.4 Å². The molecule has 0 aliphatic carbocycles. The van der Waals surface area contributed by atoms with Crippen molar-refractivity contribution in [2.75, 3.05) is 11.4 Å². The van der Waals surface area contributed by atoms with Crippen molar-refractivity contribution in [3.8, 4) is 17.3 Å². The van der Waals surface area contributed by atoms with Crippen molar-refractivity contribution in [1.82, 2.24) is 14.6 Å². The van der Waals surface area contributed by atoms with Gasteiger partial charge in [0, 0.05) is 12.1 Å². The normalized spacial score (nSPS) is 16.5. The van der Waals surface area contributed by atoms with Crippen LogP contribution in [-0.4, -0.2) is 21.1 Å². The van der Waals surface area contributed by atoms with Crippen molar-refractivity contribution in [1.29, 1.82) is 5.26 Å². The lowest BCUT2D eigenvalue weighted by Gasteiger charge is -2.37. The highest BCUT2D eigenvalue weighted by molar-refractivity contribution is 5.65. The van der Waals surface area contributed by atoms with E-state index < -0.39 is 0 Å². The molecular weight excluding hydrogens is 377 g/mol. The number of imidazole rings is 1. The molecule has 1 atom stereocenters. The van der Waals surface area contributed by atoms with Gasteiger partial charge in [-0.2, -0.15) is 5.26 Å². The minimum atomic E-state index is -0.212. The van der Waals surface area contributed by atoms with Crippen molar-refractivity contribution < 1.29 is 4.39 Å². The molecule has 0 unspecified atom stereocenters. The fourth-order valence-electron chi connectivity index (χ4n) is 4.23. The maximum atomic E-state index is 13.9. The predicted octanol–water partition coefficient (Wildman–Crippen LogP) is 5.14. The Balaban J connectivity index is 1.57. The van der Waals surface area contributed by atoms with Crippen molar-refractivity contribution in [3.05, 3.63) is 83.8 Å². The van der Waals surface area contributed by atoms with Gasteiger partial charge in [0.15, 0.2) is 5.65 Å². The first kappa shape index (κ1) is 18.3. The smallest absolute Gasteiger partial charge is 0.154 e. The van der Waals surface area contributed by atoms with E-state index in [-0.39, 0.29) is 11.9 Å². The summed E-state index contributed by atoms with van der Waals surface area (Å²) in [7, 11) is 0. The highest BCUT2D eigenvalue weighted by Crippen LogP contribution is 2.34. The third-order valence-corrected chi connectivity index (χ3v) is 5.67. The van der Waals surface area contributed by atoms with Gasteiger partial charge in [0.2, 0.25) is 0 Å². The van der Waals surface area contributed by atoms with E-state index in [0.29, 0.717) is 5.56 Å². The number of halogens is 1. The first-order chi connectivity index (χ1) is 14.7. The summed E-state index contributed by atoms with van der Waals surface area (Å²) < 4.78 is 15.7. The number of hydrogen-bond acceptors (Lipinski definition) is 4. The van der Waals surface area contributed by atoms with Crippen LogP contribution in [-0.2, 0) is 0 Å². The molecule has 3 heterocycles. The Bertz CT molecular complexity index is 1260. The van der Waals surface area contributed by atoms with Gasteiger partial charge in [0.25, 0.3) is 0 Å². The van der Waals surface area contributed by atoms with E-state index in [9.17, 15) is 9.65 Å². The summed E-state index contributed by atoms with van der Waals surface area (Å²) in [6.07, 6.45) is 4.93. The van der Waals surface area contributed by atoms with Gasteiger partial charge in [0.1, 0.15) is 11.6 Å². The Morgan fingerprint density at radius 2 is 1.93 bits per heavy atom. The summed E-state index contributed by atoms with van der Waals surface area (Å²) in [5.41, 5.74) is 4.05. The molecule has 5 nitrogen and oxygen atoms in total. The number of benzene rings is 2. The van der Waals surface area contributed by atoms with Gasteiger partial charge < -0.3 is 4.90 Å². The fraction of sp³-hybridized carbons (Fsp3) is 0.208. The van der Waals surface area contributed by atoms with Crippen molar-refractivity contribution in [2.45, 2.75) is 25.3 Å². The molecule has 4 aromatic rings. The number of piperidine rings is 1. The quantitative estimate of drug-likeness (QED) is 0.480. The highest BCUT2D eigenvalue weighted by Gasteiger charge is 2.26. The number of rotatable bonds is 3. The number of nitriles is 1. The van der Waals surface area contributed by atoms with Crippen LogP contribution in [0.2, 0.25) is 0 Å². The van der Waals surface area contributed by atoms with Gasteiger partial charge in [-0.15, -0.1) is 5.10 Å². The van der Waals surface area contributed by atoms with Crippen LogP contribution in [0.15, 0.2) is 66.9 Å². The van der Waals surface area contributed by atoms with Gasteiger partial charge in [-0.3, -0.25) is 0 Å². The number of fused-ring (bicyclic) bond motifs is 1. The molecular formula is C24H20FN5. The fourth-order valence-corrected chi connectivity index (χ4v) is 4.23. The molecule has 148 valence electrons. The first-order valence-electron chi connectivity index (χ1n) is 10.1. The third kappa shape index (κ3) is 3.29. The molecule has 6 heteroatoms. The maximum absolute atomic E-state index is 13.9. The Labute approximate surface area is 174 Å². The van der Waals surface area contributed by atoms with E-state index in [1.165, 1.54) is 6.07 Å². The highest BCUT2D eigenvalue weighted by atomic mass is 19.1. The summed E-state index contributed by atoms with van der Waals surface area (Å²) in [5.74, 6) is 0.628. The molecule has 1 fully saturated rings. The molecule has 0 saturated carbocycles. The number of anilines is 1. The van der Waals surface area contributed by atoms with Crippen LogP contribution in [0.5, 0.6) is 0 Å². The monoisotopic (exact) mass is 397 g/mol. The summed E-state index contributed by atoms with van der Waals surface area (Å²) in [6, 6.07) is 20.5. The largest absolute Gasteiger partial charge is 0.348 e. The Morgan fingerprint density at radius 3 is 2.80 bits per heavy atom. The van der Waals surface area contributed by atoms with Gasteiger partial charge in [-0.25, -0.2) is 13.9 Å². The van der Waals surface area contributed by atoms with Crippen LogP contribution in [0.3, 0.4) is 0 Å². The van der Waals surface area contributed by atoms with Crippen LogP contribution >= 0.6 is 0 Å². The molecule has 1 aliphatic rings. The molecule has 0 N–H and O–H groups in total. The summed E-state index contributed by atoms with van der Waals surface area (Å²) in [6.45, 7) is 0.869. The van der Waals surface area contributed by atoms with Crippen LogP contribution < -0.4 is 4.90 Å². The molecule has 0 radical (unpaired) electrons. The lowest BCUT2D eigenvalue weighted by atomic mass is 9.95. The first-order valence-corrected chi connectivity index (χ1v) is 10.1. The van der Waals surface area contributed by atoms with Gasteiger partial charge >= 0.3 is 0 Å².